The van der Waals surface area contributed by atoms with Gasteiger partial charge in [0.05, 0.1) is 11.7 Å². The maximum atomic E-state index is 5.74. The van der Waals surface area contributed by atoms with Gasteiger partial charge in [-0.15, -0.1) is 0 Å². The van der Waals surface area contributed by atoms with Crippen LogP contribution in [-0.4, -0.2) is 10.2 Å². The average molecular weight is 161 g/mol. The first kappa shape index (κ1) is 7.31. The minimum atomic E-state index is 0.0873. The van der Waals surface area contributed by atoms with Crippen molar-refractivity contribution in [3.05, 3.63) is 30.0 Å². The van der Waals surface area contributed by atoms with Crippen molar-refractivity contribution in [2.75, 3.05) is 0 Å². The van der Waals surface area contributed by atoms with Gasteiger partial charge in [0.1, 0.15) is 0 Å². The van der Waals surface area contributed by atoms with Crippen molar-refractivity contribution < 1.29 is 0 Å². The maximum Gasteiger partial charge on any atom is 0.0650 e. The summed E-state index contributed by atoms with van der Waals surface area (Å²) in [5.74, 6) is 0. The smallest absolute Gasteiger partial charge is 0.0650 e. The Hall–Kier alpha value is -1.35. The van der Waals surface area contributed by atoms with Crippen LogP contribution in [0.2, 0.25) is 0 Å². The van der Waals surface area contributed by atoms with Crippen LogP contribution in [0.1, 0.15) is 18.5 Å². The van der Waals surface area contributed by atoms with Crippen LogP contribution in [0.5, 0.6) is 0 Å². The van der Waals surface area contributed by atoms with Gasteiger partial charge in [-0.2, -0.15) is 5.10 Å². The molecule has 0 spiro atoms. The zero-order chi connectivity index (χ0) is 8.55. The second-order valence-corrected chi connectivity index (χ2v) is 3.01. The Morgan fingerprint density at radius 3 is 3.08 bits per heavy atom. The van der Waals surface area contributed by atoms with E-state index in [0.717, 1.165) is 16.5 Å². The summed E-state index contributed by atoms with van der Waals surface area (Å²) in [7, 11) is 0. The molecule has 0 amide bonds. The first-order valence-electron chi connectivity index (χ1n) is 3.96. The Morgan fingerprint density at radius 1 is 1.50 bits per heavy atom. The third-order valence-electron chi connectivity index (χ3n) is 1.99. The minimum absolute atomic E-state index is 0.0873. The molecule has 62 valence electrons. The first-order valence-corrected chi connectivity index (χ1v) is 3.96. The summed E-state index contributed by atoms with van der Waals surface area (Å²) in [6.07, 6.45) is 1.81. The molecule has 0 aliphatic heterocycles. The van der Waals surface area contributed by atoms with Gasteiger partial charge in [0, 0.05) is 11.4 Å². The molecule has 1 heterocycles. The van der Waals surface area contributed by atoms with Crippen LogP contribution in [0.25, 0.3) is 10.9 Å². The molecule has 12 heavy (non-hydrogen) atoms. The number of hydrogen-bond acceptors (Lipinski definition) is 2. The number of fused-ring (bicyclic) bond motifs is 1. The minimum Gasteiger partial charge on any atom is -0.324 e. The number of benzene rings is 1. The Kier molecular flexibility index (Phi) is 1.59. The van der Waals surface area contributed by atoms with Crippen molar-refractivity contribution in [1.29, 1.82) is 0 Å². The van der Waals surface area contributed by atoms with Crippen LogP contribution >= 0.6 is 0 Å². The predicted octanol–water partition coefficient (Wildman–Crippen LogP) is 1.58. The Balaban J connectivity index is 2.60. The van der Waals surface area contributed by atoms with E-state index in [-0.39, 0.29) is 6.04 Å². The van der Waals surface area contributed by atoms with Crippen LogP contribution in [0, 0.1) is 0 Å². The second-order valence-electron chi connectivity index (χ2n) is 3.01. The molecule has 0 fully saturated rings. The number of nitrogens with two attached hydrogens (primary N) is 1. The van der Waals surface area contributed by atoms with Gasteiger partial charge in [-0.1, -0.05) is 6.07 Å². The lowest BCUT2D eigenvalue weighted by atomic mass is 10.1. The quantitative estimate of drug-likeness (QED) is 0.667. The highest BCUT2D eigenvalue weighted by Gasteiger charge is 2.00. The molecule has 0 bridgehead atoms. The molecule has 3 N–H and O–H groups in total. The van der Waals surface area contributed by atoms with Crippen molar-refractivity contribution in [3.63, 3.8) is 0 Å². The molecule has 3 heteroatoms. The van der Waals surface area contributed by atoms with Crippen LogP contribution < -0.4 is 5.73 Å². The largest absolute Gasteiger partial charge is 0.324 e. The summed E-state index contributed by atoms with van der Waals surface area (Å²) in [5, 5.41) is 7.95. The molecule has 3 nitrogen and oxygen atoms in total. The lowest BCUT2D eigenvalue weighted by molar-refractivity contribution is 0.820. The normalized spacial score (nSPS) is 13.5. The van der Waals surface area contributed by atoms with E-state index in [2.05, 4.69) is 16.3 Å². The topological polar surface area (TPSA) is 54.7 Å². The fourth-order valence-electron chi connectivity index (χ4n) is 1.24. The SMILES string of the molecule is C[C@H](N)c1ccc2[nH]ncc2c1. The molecule has 0 aliphatic carbocycles. The molecule has 0 unspecified atom stereocenters. The van der Waals surface area contributed by atoms with Crippen LogP contribution in [0.4, 0.5) is 0 Å². The van der Waals surface area contributed by atoms with Gasteiger partial charge < -0.3 is 5.73 Å². The van der Waals surface area contributed by atoms with Gasteiger partial charge >= 0.3 is 0 Å². The van der Waals surface area contributed by atoms with E-state index < -0.39 is 0 Å². The molecular weight excluding hydrogens is 150 g/mol. The van der Waals surface area contributed by atoms with Crippen LogP contribution in [-0.2, 0) is 0 Å². The summed E-state index contributed by atoms with van der Waals surface area (Å²) >= 11 is 0. The van der Waals surface area contributed by atoms with E-state index in [1.54, 1.807) is 6.20 Å². The van der Waals surface area contributed by atoms with Crippen LogP contribution in [0.3, 0.4) is 0 Å². The fourth-order valence-corrected chi connectivity index (χ4v) is 1.24. The molecule has 0 aliphatic rings. The van der Waals surface area contributed by atoms with Gasteiger partial charge in [0.15, 0.2) is 0 Å². The predicted molar refractivity (Wildman–Crippen MR) is 48.7 cm³/mol. The zero-order valence-electron chi connectivity index (χ0n) is 6.91. The van der Waals surface area contributed by atoms with E-state index >= 15 is 0 Å². The molecule has 0 radical (unpaired) electrons. The molecule has 1 aromatic carbocycles. The molecular formula is C9H11N3. The summed E-state index contributed by atoms with van der Waals surface area (Å²) in [4.78, 5) is 0. The number of aromatic amines is 1. The third kappa shape index (κ3) is 1.08. The molecule has 0 saturated carbocycles. The second kappa shape index (κ2) is 2.60. The van der Waals surface area contributed by atoms with Gasteiger partial charge in [-0.25, -0.2) is 0 Å². The monoisotopic (exact) mass is 161 g/mol. The van der Waals surface area contributed by atoms with E-state index in [0.29, 0.717) is 0 Å². The molecule has 1 aromatic heterocycles. The standard InChI is InChI=1S/C9H11N3/c1-6(10)7-2-3-9-8(4-7)5-11-12-9/h2-6H,10H2,1H3,(H,11,12)/t6-/m0/s1. The van der Waals surface area contributed by atoms with Crippen molar-refractivity contribution >= 4 is 10.9 Å². The Labute approximate surface area is 70.6 Å². The van der Waals surface area contributed by atoms with Crippen LogP contribution in [0.15, 0.2) is 24.4 Å². The zero-order valence-corrected chi connectivity index (χ0v) is 6.91. The lowest BCUT2D eigenvalue weighted by Gasteiger charge is -2.03. The van der Waals surface area contributed by atoms with Gasteiger partial charge in [-0.3, -0.25) is 5.10 Å². The van der Waals surface area contributed by atoms with Crippen molar-refractivity contribution in [2.45, 2.75) is 13.0 Å². The van der Waals surface area contributed by atoms with Crippen molar-refractivity contribution in [1.82, 2.24) is 10.2 Å². The summed E-state index contributed by atoms with van der Waals surface area (Å²) < 4.78 is 0. The molecule has 2 aromatic rings. The van der Waals surface area contributed by atoms with E-state index in [1.165, 1.54) is 0 Å². The van der Waals surface area contributed by atoms with Gasteiger partial charge in [0.25, 0.3) is 0 Å². The average Bonchev–Trinajstić information content (AvgIpc) is 2.49. The maximum absolute atomic E-state index is 5.74. The number of aromatic nitrogens is 2. The van der Waals surface area contributed by atoms with Gasteiger partial charge in [0.2, 0.25) is 0 Å². The number of nitrogens with zero attached hydrogens (tertiary/aromatic N) is 1. The molecule has 1 atom stereocenters. The number of H-pyrrole nitrogens is 1. The fraction of sp³-hybridized carbons (Fsp3) is 0.222. The van der Waals surface area contributed by atoms with Crippen molar-refractivity contribution in [2.24, 2.45) is 5.73 Å². The Bertz CT molecular complexity index is 389. The molecule has 2 rings (SSSR count). The highest BCUT2D eigenvalue weighted by Crippen LogP contribution is 2.16. The van der Waals surface area contributed by atoms with E-state index in [9.17, 15) is 0 Å². The first-order chi connectivity index (χ1) is 5.77. The van der Waals surface area contributed by atoms with E-state index in [1.807, 2.05) is 19.1 Å². The third-order valence-corrected chi connectivity index (χ3v) is 1.99. The number of nitrogens with one attached hydrogen (secondary N) is 1. The number of rotatable bonds is 1. The molecule has 0 saturated heterocycles. The van der Waals surface area contributed by atoms with E-state index in [4.69, 9.17) is 5.73 Å². The van der Waals surface area contributed by atoms with Crippen molar-refractivity contribution in [3.8, 4) is 0 Å². The number of hydrogen-bond donors (Lipinski definition) is 2. The highest BCUT2D eigenvalue weighted by molar-refractivity contribution is 5.78. The summed E-state index contributed by atoms with van der Waals surface area (Å²) in [6, 6.07) is 6.17. The summed E-state index contributed by atoms with van der Waals surface area (Å²) in [5.41, 5.74) is 7.94. The Morgan fingerprint density at radius 2 is 2.33 bits per heavy atom. The highest BCUT2D eigenvalue weighted by atomic mass is 15.1. The van der Waals surface area contributed by atoms with Gasteiger partial charge in [-0.05, 0) is 24.6 Å². The lowest BCUT2D eigenvalue weighted by Crippen LogP contribution is -2.04. The summed E-state index contributed by atoms with van der Waals surface area (Å²) in [6.45, 7) is 1.97.